The molecule has 0 saturated carbocycles. The van der Waals surface area contributed by atoms with Gasteiger partial charge in [0.1, 0.15) is 5.82 Å². The Morgan fingerprint density at radius 1 is 1.25 bits per heavy atom. The molecular formula is C13H11BrN2. The fourth-order valence-electron chi connectivity index (χ4n) is 1.99. The van der Waals surface area contributed by atoms with Crippen LogP contribution < -0.4 is 0 Å². The topological polar surface area (TPSA) is 28.7 Å². The number of benzene rings is 2. The lowest BCUT2D eigenvalue weighted by atomic mass is 10.1. The number of hydrogen-bond acceptors (Lipinski definition) is 1. The molecule has 0 atom stereocenters. The van der Waals surface area contributed by atoms with Gasteiger partial charge in [0.2, 0.25) is 0 Å². The Balaban J connectivity index is 2.43. The number of rotatable bonds is 1. The second-order valence-corrected chi connectivity index (χ2v) is 4.78. The zero-order valence-electron chi connectivity index (χ0n) is 8.92. The Morgan fingerprint density at radius 2 is 2.12 bits per heavy atom. The molecule has 0 saturated heterocycles. The molecule has 2 nitrogen and oxygen atoms in total. The minimum absolute atomic E-state index is 0.937. The van der Waals surface area contributed by atoms with E-state index >= 15 is 0 Å². The molecule has 3 rings (SSSR count). The normalized spacial score (nSPS) is 11.4. The molecule has 0 bridgehead atoms. The van der Waals surface area contributed by atoms with Crippen molar-refractivity contribution in [1.82, 2.24) is 9.97 Å². The van der Waals surface area contributed by atoms with E-state index in [-0.39, 0.29) is 0 Å². The highest BCUT2D eigenvalue weighted by molar-refractivity contribution is 9.10. The summed E-state index contributed by atoms with van der Waals surface area (Å²) < 4.78 is 1.10. The summed E-state index contributed by atoms with van der Waals surface area (Å²) in [5.41, 5.74) is 2.19. The number of aryl methyl sites for hydroxylation is 1. The van der Waals surface area contributed by atoms with Gasteiger partial charge in [-0.1, -0.05) is 35.0 Å². The molecule has 0 spiro atoms. The van der Waals surface area contributed by atoms with Gasteiger partial charge in [-0.3, -0.25) is 0 Å². The lowest BCUT2D eigenvalue weighted by molar-refractivity contribution is 1.00. The zero-order valence-corrected chi connectivity index (χ0v) is 10.5. The minimum atomic E-state index is 0.937. The Kier molecular flexibility index (Phi) is 2.21. The standard InChI is InChI=1S/C13H11BrN2/c1-2-12-15-11-6-3-8-7-9(14)4-5-10(8)13(11)16-12/h3-7H,2H2,1H3,(H,15,16). The first-order chi connectivity index (χ1) is 7.78. The monoisotopic (exact) mass is 274 g/mol. The molecular weight excluding hydrogens is 264 g/mol. The van der Waals surface area contributed by atoms with E-state index in [4.69, 9.17) is 0 Å². The van der Waals surface area contributed by atoms with Gasteiger partial charge in [0.05, 0.1) is 11.0 Å². The van der Waals surface area contributed by atoms with Crippen LogP contribution in [-0.4, -0.2) is 9.97 Å². The molecule has 0 aliphatic heterocycles. The van der Waals surface area contributed by atoms with Crippen LogP contribution in [0.3, 0.4) is 0 Å². The van der Waals surface area contributed by atoms with Crippen molar-refractivity contribution in [2.75, 3.05) is 0 Å². The van der Waals surface area contributed by atoms with Crippen LogP contribution in [0.1, 0.15) is 12.7 Å². The minimum Gasteiger partial charge on any atom is -0.342 e. The highest BCUT2D eigenvalue weighted by atomic mass is 79.9. The van der Waals surface area contributed by atoms with Crippen LogP contribution in [0.15, 0.2) is 34.8 Å². The molecule has 16 heavy (non-hydrogen) atoms. The third-order valence-corrected chi connectivity index (χ3v) is 3.31. The summed E-state index contributed by atoms with van der Waals surface area (Å²) in [5.74, 6) is 1.05. The average Bonchev–Trinajstić information content (AvgIpc) is 2.71. The lowest BCUT2D eigenvalue weighted by Gasteiger charge is -1.98. The van der Waals surface area contributed by atoms with E-state index < -0.39 is 0 Å². The van der Waals surface area contributed by atoms with Gasteiger partial charge < -0.3 is 4.98 Å². The molecule has 0 radical (unpaired) electrons. The Bertz CT molecular complexity index is 670. The number of fused-ring (bicyclic) bond motifs is 3. The smallest absolute Gasteiger partial charge is 0.106 e. The molecule has 80 valence electrons. The number of imidazole rings is 1. The summed E-state index contributed by atoms with van der Waals surface area (Å²) in [7, 11) is 0. The molecule has 2 aromatic carbocycles. The van der Waals surface area contributed by atoms with Crippen LogP contribution in [0.2, 0.25) is 0 Å². The van der Waals surface area contributed by atoms with Crippen LogP contribution >= 0.6 is 15.9 Å². The first-order valence-corrected chi connectivity index (χ1v) is 6.14. The van der Waals surface area contributed by atoms with E-state index in [9.17, 15) is 0 Å². The molecule has 0 aliphatic carbocycles. The van der Waals surface area contributed by atoms with E-state index in [1.54, 1.807) is 0 Å². The van der Waals surface area contributed by atoms with Crippen LogP contribution in [0, 0.1) is 0 Å². The van der Waals surface area contributed by atoms with Crippen molar-refractivity contribution in [3.05, 3.63) is 40.6 Å². The zero-order chi connectivity index (χ0) is 11.1. The molecule has 3 aromatic rings. The van der Waals surface area contributed by atoms with Gasteiger partial charge in [0.15, 0.2) is 0 Å². The van der Waals surface area contributed by atoms with Gasteiger partial charge >= 0.3 is 0 Å². The number of nitrogens with zero attached hydrogens (tertiary/aromatic N) is 1. The lowest BCUT2D eigenvalue weighted by Crippen LogP contribution is -1.80. The maximum Gasteiger partial charge on any atom is 0.106 e. The van der Waals surface area contributed by atoms with Crippen molar-refractivity contribution >= 4 is 37.7 Å². The number of aromatic nitrogens is 2. The molecule has 3 heteroatoms. The molecule has 1 aromatic heterocycles. The number of H-pyrrole nitrogens is 1. The second-order valence-electron chi connectivity index (χ2n) is 3.86. The molecule has 0 fully saturated rings. The Hall–Kier alpha value is -1.35. The fourth-order valence-corrected chi connectivity index (χ4v) is 2.37. The molecule has 0 unspecified atom stereocenters. The van der Waals surface area contributed by atoms with Gasteiger partial charge in [0.25, 0.3) is 0 Å². The maximum atomic E-state index is 4.62. The van der Waals surface area contributed by atoms with Crippen molar-refractivity contribution < 1.29 is 0 Å². The molecule has 1 heterocycles. The van der Waals surface area contributed by atoms with Crippen molar-refractivity contribution in [1.29, 1.82) is 0 Å². The number of hydrogen-bond donors (Lipinski definition) is 1. The summed E-state index contributed by atoms with van der Waals surface area (Å²) in [6.07, 6.45) is 0.937. The summed E-state index contributed by atoms with van der Waals surface area (Å²) in [4.78, 5) is 7.95. The quantitative estimate of drug-likeness (QED) is 0.713. The van der Waals surface area contributed by atoms with Gasteiger partial charge in [-0.2, -0.15) is 0 Å². The highest BCUT2D eigenvalue weighted by Gasteiger charge is 2.05. The van der Waals surface area contributed by atoms with Crippen molar-refractivity contribution in [3.8, 4) is 0 Å². The third kappa shape index (κ3) is 1.43. The number of aromatic amines is 1. The van der Waals surface area contributed by atoms with E-state index in [0.29, 0.717) is 0 Å². The van der Waals surface area contributed by atoms with Crippen LogP contribution in [0.4, 0.5) is 0 Å². The van der Waals surface area contributed by atoms with Crippen LogP contribution in [-0.2, 0) is 6.42 Å². The molecule has 0 aliphatic rings. The van der Waals surface area contributed by atoms with Gasteiger partial charge in [-0.05, 0) is 23.6 Å². The van der Waals surface area contributed by atoms with Gasteiger partial charge in [-0.25, -0.2) is 4.98 Å². The van der Waals surface area contributed by atoms with E-state index in [1.165, 1.54) is 10.8 Å². The summed E-state index contributed by atoms with van der Waals surface area (Å²) >= 11 is 3.49. The van der Waals surface area contributed by atoms with Crippen molar-refractivity contribution in [2.24, 2.45) is 0 Å². The average molecular weight is 275 g/mol. The second kappa shape index (κ2) is 3.59. The SMILES string of the molecule is CCc1nc2c(ccc3cc(Br)ccc32)[nH]1. The predicted octanol–water partition coefficient (Wildman–Crippen LogP) is 4.04. The maximum absolute atomic E-state index is 4.62. The first-order valence-electron chi connectivity index (χ1n) is 5.35. The number of halogens is 1. The van der Waals surface area contributed by atoms with Crippen molar-refractivity contribution in [2.45, 2.75) is 13.3 Å². The Morgan fingerprint density at radius 3 is 2.94 bits per heavy atom. The number of nitrogens with one attached hydrogen (secondary N) is 1. The van der Waals surface area contributed by atoms with E-state index in [2.05, 4.69) is 63.2 Å². The van der Waals surface area contributed by atoms with Gasteiger partial charge in [-0.15, -0.1) is 0 Å². The predicted molar refractivity (Wildman–Crippen MR) is 70.7 cm³/mol. The Labute approximate surface area is 102 Å². The first kappa shape index (κ1) is 9.85. The van der Waals surface area contributed by atoms with E-state index in [0.717, 1.165) is 27.8 Å². The van der Waals surface area contributed by atoms with Crippen LogP contribution in [0.5, 0.6) is 0 Å². The molecule has 0 amide bonds. The summed E-state index contributed by atoms with van der Waals surface area (Å²) in [6, 6.07) is 10.5. The third-order valence-electron chi connectivity index (χ3n) is 2.81. The molecule has 1 N–H and O–H groups in total. The largest absolute Gasteiger partial charge is 0.342 e. The highest BCUT2D eigenvalue weighted by Crippen LogP contribution is 2.26. The van der Waals surface area contributed by atoms with Gasteiger partial charge in [0, 0.05) is 16.3 Å². The summed E-state index contributed by atoms with van der Waals surface area (Å²) in [5, 5.41) is 2.42. The fraction of sp³-hybridized carbons (Fsp3) is 0.154. The summed E-state index contributed by atoms with van der Waals surface area (Å²) in [6.45, 7) is 2.11. The van der Waals surface area contributed by atoms with E-state index in [1.807, 2.05) is 0 Å². The van der Waals surface area contributed by atoms with Crippen molar-refractivity contribution in [3.63, 3.8) is 0 Å². The van der Waals surface area contributed by atoms with Crippen LogP contribution in [0.25, 0.3) is 21.8 Å².